The molecule has 2 rings (SSSR count). The Bertz CT molecular complexity index is 637. The number of hydrogen-bond donors (Lipinski definition) is 1. The largest absolute Gasteiger partial charge is 0.355 e. The molecule has 0 atom stereocenters. The van der Waals surface area contributed by atoms with Crippen LogP contribution in [0.25, 0.3) is 0 Å². The van der Waals surface area contributed by atoms with E-state index in [2.05, 4.69) is 21.2 Å². The van der Waals surface area contributed by atoms with Crippen LogP contribution in [0.2, 0.25) is 5.02 Å². The van der Waals surface area contributed by atoms with Crippen molar-refractivity contribution in [2.75, 3.05) is 5.32 Å². The lowest BCUT2D eigenvalue weighted by Gasteiger charge is -2.09. The zero-order valence-corrected chi connectivity index (χ0v) is 11.4. The lowest BCUT2D eigenvalue weighted by atomic mass is 10.2. The monoisotopic (exact) mass is 324 g/mol. The number of rotatable bonds is 2. The number of benzene rings is 2. The minimum absolute atomic E-state index is 0.0828. The van der Waals surface area contributed by atoms with E-state index in [0.29, 0.717) is 11.3 Å². The summed E-state index contributed by atoms with van der Waals surface area (Å²) in [5.74, 6) is -0.480. The van der Waals surface area contributed by atoms with Gasteiger partial charge >= 0.3 is 0 Å². The van der Waals surface area contributed by atoms with Crippen molar-refractivity contribution in [2.45, 2.75) is 0 Å². The van der Waals surface area contributed by atoms with Gasteiger partial charge in [-0.05, 0) is 52.3 Å². The summed E-state index contributed by atoms with van der Waals surface area (Å²) in [5.41, 5.74) is 1.88. The van der Waals surface area contributed by atoms with Gasteiger partial charge in [0.2, 0.25) is 0 Å². The van der Waals surface area contributed by atoms with E-state index in [4.69, 9.17) is 16.9 Å². The maximum absolute atomic E-state index is 13.3. The highest BCUT2D eigenvalue weighted by Gasteiger charge is 2.04. The number of nitrogens with zero attached hydrogens (tertiary/aromatic N) is 1. The number of halogens is 3. The molecule has 1 N–H and O–H groups in total. The smallest absolute Gasteiger partial charge is 0.143 e. The third-order valence-corrected chi connectivity index (χ3v) is 3.26. The van der Waals surface area contributed by atoms with Gasteiger partial charge in [0.15, 0.2) is 0 Å². The van der Waals surface area contributed by atoms with E-state index in [9.17, 15) is 4.39 Å². The van der Waals surface area contributed by atoms with Gasteiger partial charge in [-0.25, -0.2) is 4.39 Å². The topological polar surface area (TPSA) is 35.8 Å². The van der Waals surface area contributed by atoms with E-state index >= 15 is 0 Å². The highest BCUT2D eigenvalue weighted by molar-refractivity contribution is 9.10. The third kappa shape index (κ3) is 2.81. The molecule has 0 aliphatic rings. The minimum atomic E-state index is -0.480. The van der Waals surface area contributed by atoms with Gasteiger partial charge in [0.05, 0.1) is 22.3 Å². The number of anilines is 2. The van der Waals surface area contributed by atoms with Crippen LogP contribution >= 0.6 is 27.5 Å². The molecule has 0 amide bonds. The van der Waals surface area contributed by atoms with Crippen molar-refractivity contribution >= 4 is 38.9 Å². The first kappa shape index (κ1) is 12.9. The van der Waals surface area contributed by atoms with Crippen molar-refractivity contribution in [1.29, 1.82) is 5.26 Å². The van der Waals surface area contributed by atoms with Crippen LogP contribution in [-0.2, 0) is 0 Å². The van der Waals surface area contributed by atoms with Crippen molar-refractivity contribution in [3.63, 3.8) is 0 Å². The van der Waals surface area contributed by atoms with Crippen molar-refractivity contribution < 1.29 is 4.39 Å². The van der Waals surface area contributed by atoms with Gasteiger partial charge in [0.1, 0.15) is 5.82 Å². The average Bonchev–Trinajstić information content (AvgIpc) is 2.36. The minimum Gasteiger partial charge on any atom is -0.355 e. The first-order valence-corrected chi connectivity index (χ1v) is 6.19. The fourth-order valence-corrected chi connectivity index (χ4v) is 2.01. The van der Waals surface area contributed by atoms with Crippen LogP contribution < -0.4 is 5.32 Å². The van der Waals surface area contributed by atoms with Gasteiger partial charge in [-0.1, -0.05) is 11.6 Å². The van der Waals surface area contributed by atoms with Crippen LogP contribution in [0.1, 0.15) is 5.56 Å². The van der Waals surface area contributed by atoms with Gasteiger partial charge in [-0.2, -0.15) is 5.26 Å². The summed E-state index contributed by atoms with van der Waals surface area (Å²) >= 11 is 8.95. The predicted octanol–water partition coefficient (Wildman–Crippen LogP) is 4.86. The second kappa shape index (κ2) is 5.38. The van der Waals surface area contributed by atoms with Gasteiger partial charge in [-0.15, -0.1) is 0 Å². The molecule has 2 aromatic rings. The maximum Gasteiger partial charge on any atom is 0.143 e. The number of nitriles is 1. The van der Waals surface area contributed by atoms with Crippen molar-refractivity contribution in [2.24, 2.45) is 0 Å². The summed E-state index contributed by atoms with van der Waals surface area (Å²) in [6.45, 7) is 0. The Kier molecular flexibility index (Phi) is 3.85. The molecule has 0 saturated heterocycles. The Morgan fingerprint density at radius 1 is 1.22 bits per heavy atom. The molecular weight excluding hydrogens is 319 g/mol. The normalized spacial score (nSPS) is 9.89. The molecule has 0 heterocycles. The Balaban J connectivity index is 2.29. The molecule has 5 heteroatoms. The SMILES string of the molecule is N#Cc1ccc(Nc2ccc(Cl)c(F)c2)c(Br)c1. The summed E-state index contributed by atoms with van der Waals surface area (Å²) in [7, 11) is 0. The van der Waals surface area contributed by atoms with E-state index in [1.54, 1.807) is 24.3 Å². The molecule has 18 heavy (non-hydrogen) atoms. The maximum atomic E-state index is 13.3. The molecule has 0 spiro atoms. The molecular formula is C13H7BrClFN2. The average molecular weight is 326 g/mol. The summed E-state index contributed by atoms with van der Waals surface area (Å²) in [4.78, 5) is 0. The second-order valence-corrected chi connectivity index (χ2v) is 4.82. The Morgan fingerprint density at radius 3 is 2.61 bits per heavy atom. The fourth-order valence-electron chi connectivity index (χ4n) is 1.42. The predicted molar refractivity (Wildman–Crippen MR) is 73.5 cm³/mol. The molecule has 0 fully saturated rings. The third-order valence-electron chi connectivity index (χ3n) is 2.30. The van der Waals surface area contributed by atoms with E-state index in [0.717, 1.165) is 10.2 Å². The van der Waals surface area contributed by atoms with Crippen molar-refractivity contribution in [1.82, 2.24) is 0 Å². The Labute approximate surface area is 117 Å². The quantitative estimate of drug-likeness (QED) is 0.856. The van der Waals surface area contributed by atoms with Gasteiger partial charge in [0, 0.05) is 10.2 Å². The summed E-state index contributed by atoms with van der Waals surface area (Å²) in [6, 6.07) is 11.6. The molecule has 0 saturated carbocycles. The second-order valence-electron chi connectivity index (χ2n) is 3.56. The molecule has 0 aromatic heterocycles. The van der Waals surface area contributed by atoms with E-state index in [1.807, 2.05) is 6.07 Å². The number of nitrogens with one attached hydrogen (secondary N) is 1. The van der Waals surface area contributed by atoms with Crippen LogP contribution in [0.3, 0.4) is 0 Å². The summed E-state index contributed by atoms with van der Waals surface area (Å²) in [5, 5.41) is 11.9. The van der Waals surface area contributed by atoms with E-state index in [-0.39, 0.29) is 5.02 Å². The fraction of sp³-hybridized carbons (Fsp3) is 0. The molecule has 0 radical (unpaired) electrons. The van der Waals surface area contributed by atoms with Gasteiger partial charge in [-0.3, -0.25) is 0 Å². The molecule has 0 aliphatic carbocycles. The lowest BCUT2D eigenvalue weighted by Crippen LogP contribution is -1.93. The van der Waals surface area contributed by atoms with Crippen molar-refractivity contribution in [3.8, 4) is 6.07 Å². The summed E-state index contributed by atoms with van der Waals surface area (Å²) < 4.78 is 14.0. The molecule has 90 valence electrons. The molecule has 0 bridgehead atoms. The van der Waals surface area contributed by atoms with Crippen LogP contribution in [-0.4, -0.2) is 0 Å². The molecule has 2 nitrogen and oxygen atoms in total. The van der Waals surface area contributed by atoms with Crippen LogP contribution in [0.4, 0.5) is 15.8 Å². The Hall–Kier alpha value is -1.57. The van der Waals surface area contributed by atoms with E-state index < -0.39 is 5.82 Å². The highest BCUT2D eigenvalue weighted by Crippen LogP contribution is 2.28. The zero-order valence-electron chi connectivity index (χ0n) is 9.05. The molecule has 0 unspecified atom stereocenters. The lowest BCUT2D eigenvalue weighted by molar-refractivity contribution is 0.629. The standard InChI is InChI=1S/C13H7BrClFN2/c14-10-5-8(7-17)1-4-13(10)18-9-2-3-11(15)12(16)6-9/h1-6,18H. The first-order valence-electron chi connectivity index (χ1n) is 5.02. The van der Waals surface area contributed by atoms with Crippen LogP contribution in [0, 0.1) is 17.1 Å². The molecule has 2 aromatic carbocycles. The Morgan fingerprint density at radius 2 is 2.00 bits per heavy atom. The van der Waals surface area contributed by atoms with Gasteiger partial charge in [0.25, 0.3) is 0 Å². The van der Waals surface area contributed by atoms with Gasteiger partial charge < -0.3 is 5.32 Å². The van der Waals surface area contributed by atoms with E-state index in [1.165, 1.54) is 12.1 Å². The zero-order chi connectivity index (χ0) is 13.1. The van der Waals surface area contributed by atoms with Crippen LogP contribution in [0.15, 0.2) is 40.9 Å². The first-order chi connectivity index (χ1) is 8.60. The van der Waals surface area contributed by atoms with Crippen molar-refractivity contribution in [3.05, 3.63) is 57.3 Å². The van der Waals surface area contributed by atoms with Crippen LogP contribution in [0.5, 0.6) is 0 Å². The number of hydrogen-bond acceptors (Lipinski definition) is 2. The highest BCUT2D eigenvalue weighted by atomic mass is 79.9. The summed E-state index contributed by atoms with van der Waals surface area (Å²) in [6.07, 6.45) is 0. The molecule has 0 aliphatic heterocycles.